The lowest BCUT2D eigenvalue weighted by Gasteiger charge is -2.46. The lowest BCUT2D eigenvalue weighted by atomic mass is 9.62. The van der Waals surface area contributed by atoms with Crippen LogP contribution in [0.15, 0.2) is 109 Å². The van der Waals surface area contributed by atoms with E-state index in [-0.39, 0.29) is 46.1 Å². The number of aromatic hydroxyl groups is 1. The van der Waals surface area contributed by atoms with Gasteiger partial charge in [-0.2, -0.15) is 0 Å². The van der Waals surface area contributed by atoms with E-state index in [0.717, 1.165) is 18.2 Å². The second kappa shape index (κ2) is 21.2. The number of nitrogens with one attached hydrogen (secondary N) is 2. The molecule has 0 saturated heterocycles. The van der Waals surface area contributed by atoms with Gasteiger partial charge < -0.3 is 39.4 Å². The Morgan fingerprint density at radius 2 is 1.25 bits per heavy atom. The van der Waals surface area contributed by atoms with Gasteiger partial charge in [0.15, 0.2) is 0 Å². The molecule has 2 aromatic rings. The van der Waals surface area contributed by atoms with Crippen LogP contribution in [0.4, 0.5) is 9.59 Å². The Labute approximate surface area is 351 Å². The number of esters is 3. The number of carbonyl (C=O) groups is 5. The van der Waals surface area contributed by atoms with Crippen molar-refractivity contribution in [3.8, 4) is 11.5 Å². The van der Waals surface area contributed by atoms with Crippen LogP contribution < -0.4 is 15.4 Å². The minimum absolute atomic E-state index is 0.0180. The first-order valence-electron chi connectivity index (χ1n) is 18.9. The highest BCUT2D eigenvalue weighted by Crippen LogP contribution is 2.46. The van der Waals surface area contributed by atoms with Gasteiger partial charge in [-0.15, -0.1) is 13.2 Å². The predicted molar refractivity (Wildman–Crippen MR) is 222 cm³/mol. The Morgan fingerprint density at radius 3 is 1.78 bits per heavy atom. The molecule has 0 radical (unpaired) electrons. The van der Waals surface area contributed by atoms with Gasteiger partial charge in [-0.25, -0.2) is 32.4 Å². The summed E-state index contributed by atoms with van der Waals surface area (Å²) in [6, 6.07) is 7.75. The summed E-state index contributed by atoms with van der Waals surface area (Å²) < 4.78 is 53.9. The zero-order chi connectivity index (χ0) is 44.7. The first-order valence-corrected chi connectivity index (χ1v) is 20.4. The number of rotatable bonds is 21. The monoisotopic (exact) mass is 850 g/mol. The summed E-state index contributed by atoms with van der Waals surface area (Å²) in [6.07, 6.45) is 6.31. The van der Waals surface area contributed by atoms with Crippen LogP contribution in [0, 0.1) is 16.2 Å². The Hall–Kier alpha value is -6.16. The van der Waals surface area contributed by atoms with Crippen molar-refractivity contribution in [3.05, 3.63) is 111 Å². The quantitative estimate of drug-likeness (QED) is 0.0549. The first-order chi connectivity index (χ1) is 28.2. The normalized spacial score (nSPS) is 17.1. The molecular weight excluding hydrogens is 797 g/mol. The van der Waals surface area contributed by atoms with E-state index in [1.165, 1.54) is 36.4 Å². The van der Waals surface area contributed by atoms with E-state index in [1.54, 1.807) is 12.2 Å². The number of alkyl carbamates (subject to hydrolysis) is 1. The van der Waals surface area contributed by atoms with Crippen LogP contribution in [0.1, 0.15) is 51.2 Å². The molecule has 0 aliphatic heterocycles. The van der Waals surface area contributed by atoms with Gasteiger partial charge in [0, 0.05) is 36.4 Å². The average Bonchev–Trinajstić information content (AvgIpc) is 3.19. The van der Waals surface area contributed by atoms with Crippen molar-refractivity contribution in [1.29, 1.82) is 0 Å². The lowest BCUT2D eigenvalue weighted by molar-refractivity contribution is -0.159. The molecule has 1 saturated carbocycles. The Kier molecular flexibility index (Phi) is 17.0. The molecule has 3 rings (SSSR count). The van der Waals surface area contributed by atoms with Crippen molar-refractivity contribution in [2.24, 2.45) is 16.2 Å². The Morgan fingerprint density at radius 1 is 0.750 bits per heavy atom. The fourth-order valence-electron chi connectivity index (χ4n) is 7.14. The fraction of sp³-hybridized carbons (Fsp3) is 0.386. The van der Waals surface area contributed by atoms with E-state index >= 15 is 0 Å². The molecule has 0 spiro atoms. The zero-order valence-electron chi connectivity index (χ0n) is 34.3. The van der Waals surface area contributed by atoms with Crippen LogP contribution in [0.3, 0.4) is 0 Å². The van der Waals surface area contributed by atoms with Crippen LogP contribution >= 0.6 is 0 Å². The van der Waals surface area contributed by atoms with Crippen molar-refractivity contribution in [2.45, 2.75) is 68.7 Å². The standard InChI is InChI=1S/C44H54N2O13S/c1-9-14-30-20-33(16-18-35(30)47)60(53,54)34-17-19-36(31(21-34)15-10-2)59-40(51)45-25-43(8)23-32(22-42(6,7)24-43)46-41(52)58-29-44(26-55-37(48)11-3,27-56-38(49)12-4)28-57-39(50)13-5/h9-13,16-21,32,47H,1-5,14-15,22-29H2,6-8H3,(H,45,51)(H,46,52). The van der Waals surface area contributed by atoms with Crippen LogP contribution in [0.25, 0.3) is 0 Å². The maximum atomic E-state index is 13.6. The number of amides is 2. The number of ether oxygens (including phenoxy) is 5. The van der Waals surface area contributed by atoms with E-state index < -0.39 is 83.2 Å². The van der Waals surface area contributed by atoms with Crippen LogP contribution in [-0.2, 0) is 56.0 Å². The molecule has 2 aromatic carbocycles. The Balaban J connectivity index is 1.72. The Bertz CT molecular complexity index is 2030. The van der Waals surface area contributed by atoms with Crippen molar-refractivity contribution >= 4 is 39.9 Å². The van der Waals surface area contributed by atoms with E-state index in [2.05, 4.69) is 43.5 Å². The van der Waals surface area contributed by atoms with Crippen LogP contribution in [0.5, 0.6) is 11.5 Å². The summed E-state index contributed by atoms with van der Waals surface area (Å²) in [4.78, 5) is 62.3. The third kappa shape index (κ3) is 14.0. The van der Waals surface area contributed by atoms with E-state index in [1.807, 2.05) is 20.8 Å². The third-order valence-electron chi connectivity index (χ3n) is 9.63. The molecular formula is C44H54N2O13S. The van der Waals surface area contributed by atoms with Gasteiger partial charge in [0.25, 0.3) is 0 Å². The minimum Gasteiger partial charge on any atom is -0.508 e. The van der Waals surface area contributed by atoms with Gasteiger partial charge in [-0.3, -0.25) is 0 Å². The summed E-state index contributed by atoms with van der Waals surface area (Å²) in [5, 5.41) is 15.8. The number of sulfone groups is 1. The molecule has 0 bridgehead atoms. The number of phenols is 1. The third-order valence-corrected chi connectivity index (χ3v) is 11.4. The topological polar surface area (TPSA) is 210 Å². The number of carbonyl (C=O) groups excluding carboxylic acids is 5. The summed E-state index contributed by atoms with van der Waals surface area (Å²) in [5.41, 5.74) is -1.56. The smallest absolute Gasteiger partial charge is 0.412 e. The highest BCUT2D eigenvalue weighted by atomic mass is 32.2. The fourth-order valence-corrected chi connectivity index (χ4v) is 8.50. The molecule has 15 nitrogen and oxygen atoms in total. The summed E-state index contributed by atoms with van der Waals surface area (Å²) in [5.74, 6) is -2.37. The molecule has 1 aliphatic rings. The number of hydrogen-bond donors (Lipinski definition) is 3. The highest BCUT2D eigenvalue weighted by Gasteiger charge is 2.43. The van der Waals surface area contributed by atoms with Crippen molar-refractivity contribution < 1.29 is 61.2 Å². The van der Waals surface area contributed by atoms with Crippen LogP contribution in [-0.4, -0.2) is 82.6 Å². The van der Waals surface area contributed by atoms with Gasteiger partial charge >= 0.3 is 30.1 Å². The minimum atomic E-state index is -4.01. The molecule has 1 fully saturated rings. The lowest BCUT2D eigenvalue weighted by Crippen LogP contribution is -2.51. The molecule has 2 unspecified atom stereocenters. The second-order valence-corrected chi connectivity index (χ2v) is 17.7. The maximum Gasteiger partial charge on any atom is 0.412 e. The molecule has 2 atom stereocenters. The number of allylic oxidation sites excluding steroid dienone is 2. The summed E-state index contributed by atoms with van der Waals surface area (Å²) in [7, 11) is -4.01. The van der Waals surface area contributed by atoms with Crippen LogP contribution in [0.2, 0.25) is 0 Å². The molecule has 0 heterocycles. The number of phenolic OH excluding ortho intramolecular Hbond substituents is 1. The molecule has 324 valence electrons. The number of hydrogen-bond acceptors (Lipinski definition) is 13. The average molecular weight is 851 g/mol. The largest absolute Gasteiger partial charge is 0.508 e. The van der Waals surface area contributed by atoms with Crippen molar-refractivity contribution in [1.82, 2.24) is 10.6 Å². The van der Waals surface area contributed by atoms with Gasteiger partial charge in [-0.1, -0.05) is 52.7 Å². The molecule has 60 heavy (non-hydrogen) atoms. The molecule has 1 aliphatic carbocycles. The number of benzene rings is 2. The zero-order valence-corrected chi connectivity index (χ0v) is 35.1. The first kappa shape index (κ1) is 48.2. The molecule has 2 amide bonds. The van der Waals surface area contributed by atoms with E-state index in [9.17, 15) is 37.5 Å². The second-order valence-electron chi connectivity index (χ2n) is 15.7. The highest BCUT2D eigenvalue weighted by molar-refractivity contribution is 7.91. The SMILES string of the molecule is C=CCc1cc(S(=O)(=O)c2ccc(OC(=O)NCC3(C)CC(NC(=O)OCC(COC(=O)C=C)(COC(=O)C=C)COC(=O)C=C)CC(C)(C)C3)c(CC=C)c2)ccc1O. The van der Waals surface area contributed by atoms with Crippen molar-refractivity contribution in [2.75, 3.05) is 33.0 Å². The predicted octanol–water partition coefficient (Wildman–Crippen LogP) is 6.26. The van der Waals surface area contributed by atoms with Gasteiger partial charge in [-0.05, 0) is 84.9 Å². The molecule has 16 heteroatoms. The maximum absolute atomic E-state index is 13.6. The molecule has 3 N–H and O–H groups in total. The van der Waals surface area contributed by atoms with Crippen molar-refractivity contribution in [3.63, 3.8) is 0 Å². The van der Waals surface area contributed by atoms with Gasteiger partial charge in [0.2, 0.25) is 9.84 Å². The summed E-state index contributed by atoms with van der Waals surface area (Å²) >= 11 is 0. The van der Waals surface area contributed by atoms with Gasteiger partial charge in [0.1, 0.15) is 43.3 Å². The summed E-state index contributed by atoms with van der Waals surface area (Å²) in [6.45, 7) is 21.7. The van der Waals surface area contributed by atoms with E-state index in [0.29, 0.717) is 30.4 Å². The molecule has 0 aromatic heterocycles. The van der Waals surface area contributed by atoms with E-state index in [4.69, 9.17) is 23.7 Å². The van der Waals surface area contributed by atoms with Gasteiger partial charge in [0.05, 0.1) is 9.79 Å².